The molecule has 0 saturated carbocycles. The number of para-hydroxylation sites is 2. The molecule has 3 rings (SSSR count). The minimum absolute atomic E-state index is 0.0894. The van der Waals surface area contributed by atoms with Crippen molar-refractivity contribution in [3.8, 4) is 5.75 Å². The molecule has 1 N–H and O–H groups in total. The molecule has 0 unspecified atom stereocenters. The molecule has 0 bridgehead atoms. The van der Waals surface area contributed by atoms with E-state index in [-0.39, 0.29) is 22.3 Å². The molecule has 0 radical (unpaired) electrons. The quantitative estimate of drug-likeness (QED) is 0.741. The molecule has 1 saturated heterocycles. The predicted molar refractivity (Wildman–Crippen MR) is 114 cm³/mol. The molecule has 0 aliphatic carbocycles. The van der Waals surface area contributed by atoms with Crippen molar-refractivity contribution < 1.29 is 22.3 Å². The maximum absolute atomic E-state index is 14.4. The van der Waals surface area contributed by atoms with E-state index in [2.05, 4.69) is 5.32 Å². The van der Waals surface area contributed by atoms with Crippen LogP contribution in [-0.2, 0) is 10.0 Å². The van der Waals surface area contributed by atoms with Crippen LogP contribution >= 0.6 is 0 Å². The van der Waals surface area contributed by atoms with Gasteiger partial charge in [0, 0.05) is 13.1 Å². The van der Waals surface area contributed by atoms with E-state index in [9.17, 15) is 17.6 Å². The smallest absolute Gasteiger partial charge is 0.258 e. The summed E-state index contributed by atoms with van der Waals surface area (Å²) in [5, 5.41) is 2.61. The number of amides is 1. The first-order valence-corrected chi connectivity index (χ1v) is 11.5. The fourth-order valence-electron chi connectivity index (χ4n) is 3.83. The molecule has 2 aromatic rings. The van der Waals surface area contributed by atoms with E-state index >= 15 is 0 Å². The van der Waals surface area contributed by atoms with Gasteiger partial charge in [0.15, 0.2) is 0 Å². The molecular weight excluding hydrogens is 407 g/mol. The number of ether oxygens (including phenoxy) is 1. The Labute approximate surface area is 177 Å². The SMILES string of the molecule is CCOc1ccccc1NC(=O)c1cc(S(=O)(=O)N2C[C@H](C)C[C@H](C)C2)ccc1F. The number of sulfonamides is 1. The summed E-state index contributed by atoms with van der Waals surface area (Å²) in [6.07, 6.45) is 0.961. The Morgan fingerprint density at radius 3 is 2.50 bits per heavy atom. The van der Waals surface area contributed by atoms with Crippen LogP contribution in [0.25, 0.3) is 0 Å². The van der Waals surface area contributed by atoms with Gasteiger partial charge in [-0.05, 0) is 55.5 Å². The molecule has 1 amide bonds. The van der Waals surface area contributed by atoms with Crippen LogP contribution in [-0.4, -0.2) is 38.3 Å². The minimum atomic E-state index is -3.83. The Bertz CT molecular complexity index is 1020. The van der Waals surface area contributed by atoms with Crippen LogP contribution in [0.5, 0.6) is 5.75 Å². The molecule has 1 aliphatic rings. The van der Waals surface area contributed by atoms with E-state index in [1.165, 1.54) is 10.4 Å². The van der Waals surface area contributed by atoms with Crippen molar-refractivity contribution in [2.45, 2.75) is 32.1 Å². The molecule has 6 nitrogen and oxygen atoms in total. The van der Waals surface area contributed by atoms with Crippen molar-refractivity contribution in [3.05, 3.63) is 53.8 Å². The molecule has 8 heteroatoms. The van der Waals surface area contributed by atoms with Gasteiger partial charge in [0.05, 0.1) is 22.8 Å². The van der Waals surface area contributed by atoms with Gasteiger partial charge in [-0.2, -0.15) is 4.31 Å². The largest absolute Gasteiger partial charge is 0.492 e. The second-order valence-electron chi connectivity index (χ2n) is 7.79. The van der Waals surface area contributed by atoms with Crippen molar-refractivity contribution in [2.24, 2.45) is 11.8 Å². The first kappa shape index (κ1) is 22.2. The number of benzene rings is 2. The molecule has 0 spiro atoms. The number of carbonyl (C=O) groups excluding carboxylic acids is 1. The number of hydrogen-bond donors (Lipinski definition) is 1. The van der Waals surface area contributed by atoms with Crippen LogP contribution in [0.3, 0.4) is 0 Å². The monoisotopic (exact) mass is 434 g/mol. The maximum Gasteiger partial charge on any atom is 0.258 e. The lowest BCUT2D eigenvalue weighted by atomic mass is 9.94. The zero-order valence-electron chi connectivity index (χ0n) is 17.4. The third-order valence-corrected chi connectivity index (χ3v) is 6.92. The molecule has 2 aromatic carbocycles. The Morgan fingerprint density at radius 1 is 1.17 bits per heavy atom. The minimum Gasteiger partial charge on any atom is -0.492 e. The van der Waals surface area contributed by atoms with Crippen LogP contribution in [0.2, 0.25) is 0 Å². The molecule has 1 heterocycles. The van der Waals surface area contributed by atoms with Gasteiger partial charge in [-0.3, -0.25) is 4.79 Å². The molecular formula is C22H27FN2O4S. The number of rotatable bonds is 6. The van der Waals surface area contributed by atoms with Crippen LogP contribution in [0.15, 0.2) is 47.4 Å². The number of halogens is 1. The first-order chi connectivity index (χ1) is 14.2. The molecule has 30 heavy (non-hydrogen) atoms. The van der Waals surface area contributed by atoms with Gasteiger partial charge < -0.3 is 10.1 Å². The number of hydrogen-bond acceptors (Lipinski definition) is 4. The van der Waals surface area contributed by atoms with Gasteiger partial charge in [0.25, 0.3) is 5.91 Å². The topological polar surface area (TPSA) is 75.7 Å². The third kappa shape index (κ3) is 4.82. The molecule has 162 valence electrons. The second kappa shape index (κ2) is 9.14. The summed E-state index contributed by atoms with van der Waals surface area (Å²) in [4.78, 5) is 12.6. The highest BCUT2D eigenvalue weighted by molar-refractivity contribution is 7.89. The number of piperidine rings is 1. The highest BCUT2D eigenvalue weighted by Gasteiger charge is 2.32. The van der Waals surface area contributed by atoms with E-state index in [0.29, 0.717) is 31.1 Å². The third-order valence-electron chi connectivity index (χ3n) is 5.09. The fourth-order valence-corrected chi connectivity index (χ4v) is 5.54. The van der Waals surface area contributed by atoms with E-state index in [0.717, 1.165) is 18.6 Å². The maximum atomic E-state index is 14.4. The van der Waals surface area contributed by atoms with Crippen molar-refractivity contribution in [2.75, 3.05) is 25.0 Å². The Kier molecular flexibility index (Phi) is 6.77. The van der Waals surface area contributed by atoms with Crippen molar-refractivity contribution >= 4 is 21.6 Å². The predicted octanol–water partition coefficient (Wildman–Crippen LogP) is 4.14. The summed E-state index contributed by atoms with van der Waals surface area (Å²) in [6, 6.07) is 10.1. The Hall–Kier alpha value is -2.45. The number of nitrogens with zero attached hydrogens (tertiary/aromatic N) is 1. The summed E-state index contributed by atoms with van der Waals surface area (Å²) >= 11 is 0. The number of anilines is 1. The molecule has 1 aliphatic heterocycles. The van der Waals surface area contributed by atoms with E-state index < -0.39 is 21.7 Å². The van der Waals surface area contributed by atoms with Gasteiger partial charge in [0.2, 0.25) is 10.0 Å². The van der Waals surface area contributed by atoms with E-state index in [1.54, 1.807) is 24.3 Å². The summed E-state index contributed by atoms with van der Waals surface area (Å²) in [6.45, 7) is 7.06. The van der Waals surface area contributed by atoms with Gasteiger partial charge in [-0.25, -0.2) is 12.8 Å². The van der Waals surface area contributed by atoms with Gasteiger partial charge in [0.1, 0.15) is 11.6 Å². The summed E-state index contributed by atoms with van der Waals surface area (Å²) in [7, 11) is -3.83. The van der Waals surface area contributed by atoms with E-state index in [1.807, 2.05) is 20.8 Å². The van der Waals surface area contributed by atoms with Crippen molar-refractivity contribution in [1.82, 2.24) is 4.31 Å². The molecule has 2 atom stereocenters. The Morgan fingerprint density at radius 2 is 1.83 bits per heavy atom. The zero-order valence-corrected chi connectivity index (χ0v) is 18.2. The van der Waals surface area contributed by atoms with Crippen LogP contribution in [0.4, 0.5) is 10.1 Å². The first-order valence-electron chi connectivity index (χ1n) is 10.0. The van der Waals surface area contributed by atoms with Crippen LogP contribution in [0.1, 0.15) is 37.6 Å². The lowest BCUT2D eigenvalue weighted by molar-refractivity contribution is 0.102. The standard InChI is InChI=1S/C22H27FN2O4S/c1-4-29-21-8-6-5-7-20(21)24-22(26)18-12-17(9-10-19(18)23)30(27,28)25-13-15(2)11-16(3)14-25/h5-10,12,15-16H,4,11,13-14H2,1-3H3,(H,24,26)/t15-,16+. The lowest BCUT2D eigenvalue weighted by Crippen LogP contribution is -2.42. The average molecular weight is 435 g/mol. The zero-order chi connectivity index (χ0) is 21.9. The fraction of sp³-hybridized carbons (Fsp3) is 0.409. The summed E-state index contributed by atoms with van der Waals surface area (Å²) < 4.78 is 47.5. The second-order valence-corrected chi connectivity index (χ2v) is 9.73. The highest BCUT2D eigenvalue weighted by atomic mass is 32.2. The van der Waals surface area contributed by atoms with Crippen LogP contribution in [0, 0.1) is 17.7 Å². The van der Waals surface area contributed by atoms with Crippen molar-refractivity contribution in [1.29, 1.82) is 0 Å². The summed E-state index contributed by atoms with van der Waals surface area (Å²) in [5.41, 5.74) is 0.0520. The van der Waals surface area contributed by atoms with Crippen molar-refractivity contribution in [3.63, 3.8) is 0 Å². The van der Waals surface area contributed by atoms with Gasteiger partial charge >= 0.3 is 0 Å². The van der Waals surface area contributed by atoms with Gasteiger partial charge in [-0.15, -0.1) is 0 Å². The van der Waals surface area contributed by atoms with Crippen LogP contribution < -0.4 is 10.1 Å². The highest BCUT2D eigenvalue weighted by Crippen LogP contribution is 2.28. The van der Waals surface area contributed by atoms with E-state index in [4.69, 9.17) is 4.74 Å². The number of nitrogens with one attached hydrogen (secondary N) is 1. The summed E-state index contributed by atoms with van der Waals surface area (Å²) in [5.74, 6) is -0.602. The average Bonchev–Trinajstić information content (AvgIpc) is 2.69. The molecule has 1 fully saturated rings. The molecule has 0 aromatic heterocycles. The van der Waals surface area contributed by atoms with Gasteiger partial charge in [-0.1, -0.05) is 26.0 Å². The lowest BCUT2D eigenvalue weighted by Gasteiger charge is -2.34. The number of carbonyl (C=O) groups is 1. The normalized spacial score (nSPS) is 20.0. The Balaban J connectivity index is 1.89.